The van der Waals surface area contributed by atoms with Crippen molar-refractivity contribution in [2.45, 2.75) is 38.6 Å². The molecule has 146 valence electrons. The lowest BCUT2D eigenvalue weighted by Gasteiger charge is -2.34. The van der Waals surface area contributed by atoms with Crippen LogP contribution in [0.1, 0.15) is 44.5 Å². The molecule has 0 N–H and O–H groups in total. The van der Waals surface area contributed by atoms with Gasteiger partial charge in [0.15, 0.2) is 11.6 Å². The SMILES string of the molecule is CC(C)n1ccnc1C1CCCN(c2ncc(F)c(N3CCOCC3)n2)C1. The summed E-state index contributed by atoms with van der Waals surface area (Å²) in [6.07, 6.45) is 7.36. The molecule has 8 heteroatoms. The van der Waals surface area contributed by atoms with E-state index in [4.69, 9.17) is 4.74 Å². The predicted octanol–water partition coefficient (Wildman–Crippen LogP) is 2.61. The maximum atomic E-state index is 14.3. The first-order chi connectivity index (χ1) is 13.1. The number of hydrogen-bond acceptors (Lipinski definition) is 6. The van der Waals surface area contributed by atoms with E-state index < -0.39 is 0 Å². The molecule has 2 fully saturated rings. The lowest BCUT2D eigenvalue weighted by Crippen LogP contribution is -2.39. The van der Waals surface area contributed by atoms with E-state index in [0.717, 1.165) is 31.8 Å². The van der Waals surface area contributed by atoms with Crippen LogP contribution in [0.2, 0.25) is 0 Å². The van der Waals surface area contributed by atoms with E-state index in [1.165, 1.54) is 6.20 Å². The Kier molecular flexibility index (Phi) is 5.24. The van der Waals surface area contributed by atoms with Crippen molar-refractivity contribution >= 4 is 11.8 Å². The van der Waals surface area contributed by atoms with Gasteiger partial charge in [-0.2, -0.15) is 4.98 Å². The average Bonchev–Trinajstić information content (AvgIpc) is 3.19. The van der Waals surface area contributed by atoms with Gasteiger partial charge in [0.2, 0.25) is 5.95 Å². The van der Waals surface area contributed by atoms with Crippen molar-refractivity contribution < 1.29 is 9.13 Å². The Bertz CT molecular complexity index is 773. The number of hydrogen-bond donors (Lipinski definition) is 0. The third-order valence-corrected chi connectivity index (χ3v) is 5.35. The minimum absolute atomic E-state index is 0.330. The number of aromatic nitrogens is 4. The standard InChI is InChI=1S/C19H27FN6O/c1-14(2)26-7-5-21-17(26)15-4-3-6-25(13-15)19-22-12-16(20)18(23-19)24-8-10-27-11-9-24/h5,7,12,14-15H,3-4,6,8-11,13H2,1-2H3. The molecule has 7 nitrogen and oxygen atoms in total. The van der Waals surface area contributed by atoms with Crippen molar-refractivity contribution in [2.24, 2.45) is 0 Å². The van der Waals surface area contributed by atoms with E-state index >= 15 is 0 Å². The molecule has 4 heterocycles. The van der Waals surface area contributed by atoms with Crippen LogP contribution >= 0.6 is 0 Å². The van der Waals surface area contributed by atoms with E-state index in [9.17, 15) is 4.39 Å². The van der Waals surface area contributed by atoms with Crippen molar-refractivity contribution in [3.05, 3.63) is 30.2 Å². The second kappa shape index (κ2) is 7.80. The largest absolute Gasteiger partial charge is 0.378 e. The molecule has 1 unspecified atom stereocenters. The molecule has 0 aliphatic carbocycles. The Balaban J connectivity index is 1.55. The van der Waals surface area contributed by atoms with Gasteiger partial charge in [0.05, 0.1) is 19.4 Å². The number of ether oxygens (including phenoxy) is 1. The van der Waals surface area contributed by atoms with Crippen LogP contribution in [0.4, 0.5) is 16.2 Å². The monoisotopic (exact) mass is 374 g/mol. The molecule has 2 aromatic rings. The zero-order chi connectivity index (χ0) is 18.8. The number of morpholine rings is 1. The average molecular weight is 374 g/mol. The number of anilines is 2. The van der Waals surface area contributed by atoms with Gasteiger partial charge in [0.25, 0.3) is 0 Å². The van der Waals surface area contributed by atoms with Crippen LogP contribution in [0.5, 0.6) is 0 Å². The Hall–Kier alpha value is -2.22. The fourth-order valence-corrected chi connectivity index (χ4v) is 3.95. The summed E-state index contributed by atoms with van der Waals surface area (Å²) >= 11 is 0. The van der Waals surface area contributed by atoms with E-state index in [0.29, 0.717) is 50.0 Å². The molecular formula is C19H27FN6O. The molecule has 2 aliphatic rings. The van der Waals surface area contributed by atoms with Crippen LogP contribution in [0.15, 0.2) is 18.6 Å². The van der Waals surface area contributed by atoms with Gasteiger partial charge >= 0.3 is 0 Å². The second-order valence-corrected chi connectivity index (χ2v) is 7.51. The van der Waals surface area contributed by atoms with Crippen molar-refractivity contribution in [3.8, 4) is 0 Å². The first kappa shape index (κ1) is 18.2. The Morgan fingerprint density at radius 3 is 2.74 bits per heavy atom. The maximum Gasteiger partial charge on any atom is 0.227 e. The van der Waals surface area contributed by atoms with Crippen LogP contribution < -0.4 is 9.80 Å². The number of rotatable bonds is 4. The first-order valence-electron chi connectivity index (χ1n) is 9.76. The van der Waals surface area contributed by atoms with Gasteiger partial charge in [-0.3, -0.25) is 0 Å². The molecule has 4 rings (SSSR count). The molecule has 1 atom stereocenters. The normalized spacial score (nSPS) is 21.1. The molecule has 2 saturated heterocycles. The van der Waals surface area contributed by atoms with E-state index in [1.807, 2.05) is 17.3 Å². The fourth-order valence-electron chi connectivity index (χ4n) is 3.95. The molecule has 27 heavy (non-hydrogen) atoms. The lowest BCUT2D eigenvalue weighted by molar-refractivity contribution is 0.122. The van der Waals surface area contributed by atoms with Gasteiger partial charge in [-0.25, -0.2) is 14.4 Å². The van der Waals surface area contributed by atoms with Crippen molar-refractivity contribution in [1.82, 2.24) is 19.5 Å². The Morgan fingerprint density at radius 1 is 1.15 bits per heavy atom. The molecule has 0 saturated carbocycles. The topological polar surface area (TPSA) is 59.3 Å². The molecule has 2 aliphatic heterocycles. The number of imidazole rings is 1. The Labute approximate surface area is 159 Å². The molecule has 2 aromatic heterocycles. The summed E-state index contributed by atoms with van der Waals surface area (Å²) in [5.41, 5.74) is 0. The highest BCUT2D eigenvalue weighted by molar-refractivity contribution is 5.45. The third-order valence-electron chi connectivity index (χ3n) is 5.35. The van der Waals surface area contributed by atoms with Gasteiger partial charge < -0.3 is 19.1 Å². The summed E-state index contributed by atoms with van der Waals surface area (Å²) in [7, 11) is 0. The zero-order valence-corrected chi connectivity index (χ0v) is 16.0. The highest BCUT2D eigenvalue weighted by Gasteiger charge is 2.28. The molecule has 0 bridgehead atoms. The van der Waals surface area contributed by atoms with Gasteiger partial charge in [0, 0.05) is 50.5 Å². The molecule has 0 aromatic carbocycles. The van der Waals surface area contributed by atoms with E-state index in [-0.39, 0.29) is 5.82 Å². The quantitative estimate of drug-likeness (QED) is 0.820. The van der Waals surface area contributed by atoms with Crippen LogP contribution in [0.3, 0.4) is 0 Å². The smallest absolute Gasteiger partial charge is 0.227 e. The second-order valence-electron chi connectivity index (χ2n) is 7.51. The minimum atomic E-state index is -0.371. The van der Waals surface area contributed by atoms with Crippen molar-refractivity contribution in [1.29, 1.82) is 0 Å². The summed E-state index contributed by atoms with van der Waals surface area (Å²) in [6.45, 7) is 8.53. The molecule has 0 amide bonds. The molecule has 0 spiro atoms. The van der Waals surface area contributed by atoms with Crippen LogP contribution in [-0.2, 0) is 4.74 Å². The van der Waals surface area contributed by atoms with Gasteiger partial charge in [-0.05, 0) is 26.7 Å². The van der Waals surface area contributed by atoms with Crippen molar-refractivity contribution in [2.75, 3.05) is 49.2 Å². The van der Waals surface area contributed by atoms with Gasteiger partial charge in [-0.1, -0.05) is 0 Å². The summed E-state index contributed by atoms with van der Waals surface area (Å²) in [4.78, 5) is 17.6. The maximum absolute atomic E-state index is 14.3. The highest BCUT2D eigenvalue weighted by Crippen LogP contribution is 2.30. The zero-order valence-electron chi connectivity index (χ0n) is 16.0. The summed E-state index contributed by atoms with van der Waals surface area (Å²) in [5.74, 6) is 2.06. The van der Waals surface area contributed by atoms with E-state index in [1.54, 1.807) is 0 Å². The lowest BCUT2D eigenvalue weighted by atomic mass is 9.97. The van der Waals surface area contributed by atoms with Crippen LogP contribution in [-0.4, -0.2) is 58.9 Å². The number of nitrogens with zero attached hydrogens (tertiary/aromatic N) is 6. The number of halogens is 1. The fraction of sp³-hybridized carbons (Fsp3) is 0.632. The minimum Gasteiger partial charge on any atom is -0.378 e. The van der Waals surface area contributed by atoms with Gasteiger partial charge in [-0.15, -0.1) is 0 Å². The van der Waals surface area contributed by atoms with Crippen LogP contribution in [0, 0.1) is 5.82 Å². The molecule has 0 radical (unpaired) electrons. The number of piperidine rings is 1. The summed E-state index contributed by atoms with van der Waals surface area (Å²) < 4.78 is 21.9. The summed E-state index contributed by atoms with van der Waals surface area (Å²) in [5, 5.41) is 0. The van der Waals surface area contributed by atoms with Crippen molar-refractivity contribution in [3.63, 3.8) is 0 Å². The molecular weight excluding hydrogens is 347 g/mol. The first-order valence-corrected chi connectivity index (χ1v) is 9.76. The highest BCUT2D eigenvalue weighted by atomic mass is 19.1. The summed E-state index contributed by atoms with van der Waals surface area (Å²) in [6, 6.07) is 0.382. The predicted molar refractivity (Wildman–Crippen MR) is 102 cm³/mol. The van der Waals surface area contributed by atoms with E-state index in [2.05, 4.69) is 38.3 Å². The third kappa shape index (κ3) is 3.76. The Morgan fingerprint density at radius 2 is 1.96 bits per heavy atom. The van der Waals surface area contributed by atoms with Crippen LogP contribution in [0.25, 0.3) is 0 Å². The van der Waals surface area contributed by atoms with Gasteiger partial charge in [0.1, 0.15) is 5.82 Å².